The van der Waals surface area contributed by atoms with Gasteiger partial charge in [-0.1, -0.05) is 13.8 Å². The molecule has 0 saturated carbocycles. The van der Waals surface area contributed by atoms with E-state index in [2.05, 4.69) is 21.2 Å². The Kier molecular flexibility index (Phi) is 6.58. The van der Waals surface area contributed by atoms with Crippen LogP contribution in [0.15, 0.2) is 16.6 Å². The van der Waals surface area contributed by atoms with Gasteiger partial charge in [0.15, 0.2) is 11.5 Å². The first kappa shape index (κ1) is 17.1. The summed E-state index contributed by atoms with van der Waals surface area (Å²) in [6.07, 6.45) is 0. The van der Waals surface area contributed by atoms with Crippen molar-refractivity contribution in [2.75, 3.05) is 31.7 Å². The van der Waals surface area contributed by atoms with Crippen LogP contribution in [0.4, 0.5) is 5.69 Å². The van der Waals surface area contributed by atoms with E-state index in [0.717, 1.165) is 17.6 Å². The predicted octanol–water partition coefficient (Wildman–Crippen LogP) is -0.538. The summed E-state index contributed by atoms with van der Waals surface area (Å²) in [6.45, 7) is 6.30. The number of hydrogen-bond donors (Lipinski definition) is 1. The SMILES string of the molecule is CCN(CC)CC(=O)Nc1c(Br)ccc2c1OCO2.[Cl-]. The van der Waals surface area contributed by atoms with Gasteiger partial charge in [-0.05, 0) is 41.2 Å². The summed E-state index contributed by atoms with van der Waals surface area (Å²) in [4.78, 5) is 14.1. The Hall–Kier alpha value is -0.980. The molecule has 112 valence electrons. The van der Waals surface area contributed by atoms with Crippen molar-refractivity contribution in [3.63, 3.8) is 0 Å². The third kappa shape index (κ3) is 3.77. The van der Waals surface area contributed by atoms with E-state index in [1.54, 1.807) is 0 Å². The molecule has 0 aliphatic carbocycles. The van der Waals surface area contributed by atoms with Crippen LogP contribution in [-0.4, -0.2) is 37.2 Å². The van der Waals surface area contributed by atoms with Gasteiger partial charge in [0.05, 0.1) is 6.54 Å². The molecule has 0 radical (unpaired) electrons. The number of rotatable bonds is 5. The first-order valence-electron chi connectivity index (χ1n) is 6.26. The van der Waals surface area contributed by atoms with Crippen LogP contribution in [0.5, 0.6) is 11.5 Å². The summed E-state index contributed by atoms with van der Waals surface area (Å²) in [5, 5.41) is 2.88. The van der Waals surface area contributed by atoms with E-state index in [4.69, 9.17) is 9.47 Å². The highest BCUT2D eigenvalue weighted by Gasteiger charge is 2.21. The lowest BCUT2D eigenvalue weighted by molar-refractivity contribution is -0.117. The maximum atomic E-state index is 12.0. The van der Waals surface area contributed by atoms with Crippen molar-refractivity contribution >= 4 is 27.5 Å². The Morgan fingerprint density at radius 1 is 1.35 bits per heavy atom. The lowest BCUT2D eigenvalue weighted by Gasteiger charge is -2.18. The minimum absolute atomic E-state index is 0. The Bertz CT molecular complexity index is 481. The lowest BCUT2D eigenvalue weighted by Crippen LogP contribution is -3.00. The van der Waals surface area contributed by atoms with E-state index in [1.807, 2.05) is 30.9 Å². The van der Waals surface area contributed by atoms with E-state index in [9.17, 15) is 4.79 Å². The smallest absolute Gasteiger partial charge is 0.238 e. The van der Waals surface area contributed by atoms with Gasteiger partial charge in [0.1, 0.15) is 5.69 Å². The van der Waals surface area contributed by atoms with Gasteiger partial charge in [-0.25, -0.2) is 0 Å². The first-order valence-corrected chi connectivity index (χ1v) is 7.05. The number of carbonyl (C=O) groups excluding carboxylic acids is 1. The van der Waals surface area contributed by atoms with Crippen molar-refractivity contribution in [2.24, 2.45) is 0 Å². The van der Waals surface area contributed by atoms with Crippen molar-refractivity contribution in [1.82, 2.24) is 4.90 Å². The van der Waals surface area contributed by atoms with Crippen molar-refractivity contribution in [2.45, 2.75) is 13.8 Å². The number of carbonyl (C=O) groups is 1. The number of anilines is 1. The Morgan fingerprint density at radius 2 is 2.05 bits per heavy atom. The zero-order valence-corrected chi connectivity index (χ0v) is 13.8. The van der Waals surface area contributed by atoms with Gasteiger partial charge in [-0.15, -0.1) is 0 Å². The van der Waals surface area contributed by atoms with Gasteiger partial charge < -0.3 is 27.2 Å². The number of nitrogens with one attached hydrogen (secondary N) is 1. The molecule has 1 N–H and O–H groups in total. The van der Waals surface area contributed by atoms with Crippen LogP contribution in [0.25, 0.3) is 0 Å². The fraction of sp³-hybridized carbons (Fsp3) is 0.462. The number of nitrogens with zero attached hydrogens (tertiary/aromatic N) is 1. The number of ether oxygens (including phenoxy) is 2. The van der Waals surface area contributed by atoms with Gasteiger partial charge in [-0.3, -0.25) is 9.69 Å². The predicted molar refractivity (Wildman–Crippen MR) is 76.7 cm³/mol. The molecule has 1 aliphatic heterocycles. The molecule has 0 bridgehead atoms. The average Bonchev–Trinajstić information content (AvgIpc) is 2.88. The molecular weight excluding hydrogens is 348 g/mol. The van der Waals surface area contributed by atoms with Crippen LogP contribution in [0.1, 0.15) is 13.8 Å². The molecule has 1 heterocycles. The molecule has 0 saturated heterocycles. The molecule has 0 spiro atoms. The highest BCUT2D eigenvalue weighted by molar-refractivity contribution is 9.10. The van der Waals surface area contributed by atoms with Crippen LogP contribution in [0.2, 0.25) is 0 Å². The van der Waals surface area contributed by atoms with Crippen molar-refractivity contribution in [3.05, 3.63) is 16.6 Å². The third-order valence-corrected chi connectivity index (χ3v) is 3.68. The zero-order chi connectivity index (χ0) is 13.8. The highest BCUT2D eigenvalue weighted by Crippen LogP contribution is 2.43. The minimum Gasteiger partial charge on any atom is -1.00 e. The molecule has 7 heteroatoms. The molecule has 1 aliphatic rings. The van der Waals surface area contributed by atoms with E-state index >= 15 is 0 Å². The van der Waals surface area contributed by atoms with Crippen molar-refractivity contribution < 1.29 is 26.7 Å². The molecule has 20 heavy (non-hydrogen) atoms. The van der Waals surface area contributed by atoms with Crippen molar-refractivity contribution in [3.8, 4) is 11.5 Å². The topological polar surface area (TPSA) is 50.8 Å². The normalized spacial score (nSPS) is 12.2. The van der Waals surface area contributed by atoms with Gasteiger partial charge in [0, 0.05) is 4.47 Å². The number of benzene rings is 1. The maximum absolute atomic E-state index is 12.0. The summed E-state index contributed by atoms with van der Waals surface area (Å²) in [7, 11) is 0. The summed E-state index contributed by atoms with van der Waals surface area (Å²) < 4.78 is 11.5. The number of amides is 1. The third-order valence-electron chi connectivity index (χ3n) is 3.01. The Labute approximate surface area is 133 Å². The maximum Gasteiger partial charge on any atom is 0.238 e. The molecular formula is C13H17BrClN2O3-. The molecule has 0 unspecified atom stereocenters. The fourth-order valence-corrected chi connectivity index (χ4v) is 2.31. The quantitative estimate of drug-likeness (QED) is 0.763. The largest absolute Gasteiger partial charge is 1.00 e. The molecule has 1 aromatic carbocycles. The van der Waals surface area contributed by atoms with Crippen molar-refractivity contribution in [1.29, 1.82) is 0 Å². The van der Waals surface area contributed by atoms with Crippen LogP contribution < -0.4 is 27.2 Å². The van der Waals surface area contributed by atoms with Gasteiger partial charge in [0.2, 0.25) is 12.7 Å². The first-order chi connectivity index (χ1) is 9.15. The zero-order valence-electron chi connectivity index (χ0n) is 11.4. The monoisotopic (exact) mass is 363 g/mol. The van der Waals surface area contributed by atoms with E-state index in [1.165, 1.54) is 0 Å². The second kappa shape index (κ2) is 7.71. The Balaban J connectivity index is 0.00000200. The standard InChI is InChI=1S/C13H17BrN2O3.ClH/c1-3-16(4-2)7-11(17)15-12-9(14)5-6-10-13(12)19-8-18-10;/h5-6H,3-4,7-8H2,1-2H3,(H,15,17);1H/p-1. The van der Waals surface area contributed by atoms with Crippen LogP contribution in [0.3, 0.4) is 0 Å². The molecule has 1 aromatic rings. The summed E-state index contributed by atoms with van der Waals surface area (Å²) in [5.41, 5.74) is 0.632. The fourth-order valence-electron chi connectivity index (χ4n) is 1.89. The average molecular weight is 365 g/mol. The van der Waals surface area contributed by atoms with E-state index in [0.29, 0.717) is 23.7 Å². The van der Waals surface area contributed by atoms with Gasteiger partial charge in [0.25, 0.3) is 0 Å². The van der Waals surface area contributed by atoms with Crippen LogP contribution >= 0.6 is 15.9 Å². The van der Waals surface area contributed by atoms with E-state index in [-0.39, 0.29) is 25.1 Å². The lowest BCUT2D eigenvalue weighted by atomic mass is 10.2. The van der Waals surface area contributed by atoms with Gasteiger partial charge >= 0.3 is 0 Å². The highest BCUT2D eigenvalue weighted by atomic mass is 79.9. The summed E-state index contributed by atoms with van der Waals surface area (Å²) in [5.74, 6) is 1.18. The van der Waals surface area contributed by atoms with Crippen LogP contribution in [-0.2, 0) is 4.79 Å². The molecule has 0 atom stereocenters. The van der Waals surface area contributed by atoms with E-state index < -0.39 is 0 Å². The summed E-state index contributed by atoms with van der Waals surface area (Å²) in [6, 6.07) is 3.65. The molecule has 2 rings (SSSR count). The number of halogens is 2. The number of likely N-dealkylation sites (N-methyl/N-ethyl adjacent to an activating group) is 1. The Morgan fingerprint density at radius 3 is 2.70 bits per heavy atom. The second-order valence-electron chi connectivity index (χ2n) is 4.17. The molecule has 1 amide bonds. The number of fused-ring (bicyclic) bond motifs is 1. The summed E-state index contributed by atoms with van der Waals surface area (Å²) >= 11 is 3.41. The molecule has 5 nitrogen and oxygen atoms in total. The number of hydrogen-bond acceptors (Lipinski definition) is 4. The molecule has 0 aromatic heterocycles. The minimum atomic E-state index is -0.0618. The van der Waals surface area contributed by atoms with Crippen LogP contribution in [0, 0.1) is 0 Å². The molecule has 0 fully saturated rings. The van der Waals surface area contributed by atoms with Gasteiger partial charge in [-0.2, -0.15) is 0 Å². The second-order valence-corrected chi connectivity index (χ2v) is 5.02.